The number of rotatable bonds is 5. The summed E-state index contributed by atoms with van der Waals surface area (Å²) in [5, 5.41) is 3.47. The van der Waals surface area contributed by atoms with Gasteiger partial charge < -0.3 is 14.8 Å². The second kappa shape index (κ2) is 6.87. The third-order valence-corrected chi connectivity index (χ3v) is 3.39. The number of aryl methyl sites for hydroxylation is 1. The molecule has 1 aliphatic rings. The molecule has 1 saturated heterocycles. The molecule has 1 aromatic rings. The molecule has 3 nitrogen and oxygen atoms in total. The predicted molar refractivity (Wildman–Crippen MR) is 73.1 cm³/mol. The van der Waals surface area contributed by atoms with Crippen molar-refractivity contribution in [1.82, 2.24) is 5.32 Å². The topological polar surface area (TPSA) is 30.5 Å². The van der Waals surface area contributed by atoms with Crippen LogP contribution < -0.4 is 10.1 Å². The summed E-state index contributed by atoms with van der Waals surface area (Å²) in [4.78, 5) is 0. The first kappa shape index (κ1) is 14.3. The summed E-state index contributed by atoms with van der Waals surface area (Å²) in [6.07, 6.45) is 1.96. The lowest BCUT2D eigenvalue weighted by molar-refractivity contribution is -0.0147. The molecule has 0 spiro atoms. The quantitative estimate of drug-likeness (QED) is 0.889. The van der Waals surface area contributed by atoms with E-state index in [9.17, 15) is 4.39 Å². The van der Waals surface area contributed by atoms with Gasteiger partial charge in [0.2, 0.25) is 0 Å². The Morgan fingerprint density at radius 1 is 1.47 bits per heavy atom. The van der Waals surface area contributed by atoms with Crippen LogP contribution in [-0.2, 0) is 4.74 Å². The zero-order chi connectivity index (χ0) is 13.7. The molecule has 1 aromatic carbocycles. The fourth-order valence-corrected chi connectivity index (χ4v) is 2.21. The number of ether oxygens (including phenoxy) is 2. The second-order valence-corrected chi connectivity index (χ2v) is 4.99. The minimum absolute atomic E-state index is 0.0533. The predicted octanol–water partition coefficient (Wildman–Crippen LogP) is 2.67. The van der Waals surface area contributed by atoms with E-state index >= 15 is 0 Å². The number of benzene rings is 1. The van der Waals surface area contributed by atoms with Gasteiger partial charge in [-0.15, -0.1) is 0 Å². The van der Waals surface area contributed by atoms with E-state index in [-0.39, 0.29) is 18.0 Å². The summed E-state index contributed by atoms with van der Waals surface area (Å²) in [5.74, 6) is 0.342. The molecule has 1 aliphatic heterocycles. The number of nitrogens with one attached hydrogen (secondary N) is 1. The molecule has 2 unspecified atom stereocenters. The Bertz CT molecular complexity index is 411. The summed E-state index contributed by atoms with van der Waals surface area (Å²) in [6, 6.07) is 5.27. The molecule has 0 bridgehead atoms. The van der Waals surface area contributed by atoms with Gasteiger partial charge in [0.25, 0.3) is 0 Å². The summed E-state index contributed by atoms with van der Waals surface area (Å²) < 4.78 is 24.8. The van der Waals surface area contributed by atoms with E-state index in [0.29, 0.717) is 17.9 Å². The van der Waals surface area contributed by atoms with Crippen LogP contribution in [-0.4, -0.2) is 31.9 Å². The van der Waals surface area contributed by atoms with Crippen molar-refractivity contribution in [1.29, 1.82) is 0 Å². The van der Waals surface area contributed by atoms with Gasteiger partial charge in [-0.05, 0) is 37.9 Å². The Morgan fingerprint density at radius 2 is 2.32 bits per heavy atom. The van der Waals surface area contributed by atoms with E-state index in [1.807, 2.05) is 6.07 Å². The molecular formula is C15H22FNO2. The van der Waals surface area contributed by atoms with Crippen LogP contribution in [0.4, 0.5) is 4.39 Å². The van der Waals surface area contributed by atoms with E-state index < -0.39 is 0 Å². The van der Waals surface area contributed by atoms with Crippen molar-refractivity contribution in [2.45, 2.75) is 38.8 Å². The van der Waals surface area contributed by atoms with Crippen molar-refractivity contribution in [3.05, 3.63) is 29.6 Å². The van der Waals surface area contributed by atoms with E-state index in [0.717, 1.165) is 26.0 Å². The number of hydrogen-bond donors (Lipinski definition) is 1. The van der Waals surface area contributed by atoms with Gasteiger partial charge in [0.15, 0.2) is 0 Å². The fourth-order valence-electron chi connectivity index (χ4n) is 2.21. The first-order valence-electron chi connectivity index (χ1n) is 6.94. The molecule has 19 heavy (non-hydrogen) atoms. The van der Waals surface area contributed by atoms with Crippen molar-refractivity contribution in [3.63, 3.8) is 0 Å². The summed E-state index contributed by atoms with van der Waals surface area (Å²) >= 11 is 0. The molecule has 0 aromatic heterocycles. The highest BCUT2D eigenvalue weighted by Gasteiger charge is 2.27. The van der Waals surface area contributed by atoms with Gasteiger partial charge in [0, 0.05) is 18.7 Å². The Kier molecular flexibility index (Phi) is 5.16. The van der Waals surface area contributed by atoms with Crippen molar-refractivity contribution in [3.8, 4) is 5.75 Å². The van der Waals surface area contributed by atoms with Crippen LogP contribution in [0.2, 0.25) is 0 Å². The molecule has 106 valence electrons. The molecule has 0 radical (unpaired) electrons. The average molecular weight is 267 g/mol. The van der Waals surface area contributed by atoms with Crippen LogP contribution >= 0.6 is 0 Å². The zero-order valence-electron chi connectivity index (χ0n) is 11.6. The molecular weight excluding hydrogens is 245 g/mol. The van der Waals surface area contributed by atoms with E-state index in [2.05, 4.69) is 12.2 Å². The third-order valence-electron chi connectivity index (χ3n) is 3.39. The number of hydrogen-bond acceptors (Lipinski definition) is 3. The van der Waals surface area contributed by atoms with Gasteiger partial charge >= 0.3 is 0 Å². The SMILES string of the molecule is CCCNC1CCOCC1Oc1ccc(C)c(F)c1. The van der Waals surface area contributed by atoms with Crippen LogP contribution in [0.25, 0.3) is 0 Å². The maximum atomic E-state index is 13.5. The molecule has 1 fully saturated rings. The maximum Gasteiger partial charge on any atom is 0.137 e. The summed E-state index contributed by atoms with van der Waals surface area (Å²) in [6.45, 7) is 6.15. The van der Waals surface area contributed by atoms with Crippen LogP contribution in [0, 0.1) is 12.7 Å². The van der Waals surface area contributed by atoms with Gasteiger partial charge in [-0.25, -0.2) is 4.39 Å². The maximum absolute atomic E-state index is 13.5. The molecule has 1 heterocycles. The largest absolute Gasteiger partial charge is 0.486 e. The van der Waals surface area contributed by atoms with Crippen molar-refractivity contribution < 1.29 is 13.9 Å². The summed E-state index contributed by atoms with van der Waals surface area (Å²) in [5.41, 5.74) is 0.632. The highest BCUT2D eigenvalue weighted by molar-refractivity contribution is 5.28. The Morgan fingerprint density at radius 3 is 3.05 bits per heavy atom. The minimum atomic E-state index is -0.229. The van der Waals surface area contributed by atoms with E-state index in [1.165, 1.54) is 6.07 Å². The van der Waals surface area contributed by atoms with E-state index in [4.69, 9.17) is 9.47 Å². The summed E-state index contributed by atoms with van der Waals surface area (Å²) in [7, 11) is 0. The van der Waals surface area contributed by atoms with Gasteiger partial charge in [-0.3, -0.25) is 0 Å². The molecule has 4 heteroatoms. The van der Waals surface area contributed by atoms with Crippen molar-refractivity contribution in [2.24, 2.45) is 0 Å². The molecule has 0 saturated carbocycles. The van der Waals surface area contributed by atoms with E-state index in [1.54, 1.807) is 13.0 Å². The zero-order valence-corrected chi connectivity index (χ0v) is 11.6. The monoisotopic (exact) mass is 267 g/mol. The lowest BCUT2D eigenvalue weighted by Gasteiger charge is -2.32. The van der Waals surface area contributed by atoms with Crippen molar-refractivity contribution >= 4 is 0 Å². The fraction of sp³-hybridized carbons (Fsp3) is 0.600. The van der Waals surface area contributed by atoms with Gasteiger partial charge in [-0.2, -0.15) is 0 Å². The van der Waals surface area contributed by atoms with Crippen LogP contribution in [0.5, 0.6) is 5.75 Å². The Balaban J connectivity index is 1.99. The highest BCUT2D eigenvalue weighted by Crippen LogP contribution is 2.20. The lowest BCUT2D eigenvalue weighted by Crippen LogP contribution is -2.49. The Hall–Kier alpha value is -1.13. The van der Waals surface area contributed by atoms with Crippen molar-refractivity contribution in [2.75, 3.05) is 19.8 Å². The molecule has 0 amide bonds. The smallest absolute Gasteiger partial charge is 0.137 e. The van der Waals surface area contributed by atoms with Gasteiger partial charge in [-0.1, -0.05) is 13.0 Å². The first-order valence-corrected chi connectivity index (χ1v) is 6.94. The van der Waals surface area contributed by atoms with Gasteiger partial charge in [0.05, 0.1) is 6.61 Å². The average Bonchev–Trinajstić information content (AvgIpc) is 2.42. The normalized spacial score (nSPS) is 23.3. The molecule has 1 N–H and O–H groups in total. The molecule has 2 rings (SSSR count). The minimum Gasteiger partial charge on any atom is -0.486 e. The van der Waals surface area contributed by atoms with Crippen LogP contribution in [0.1, 0.15) is 25.3 Å². The second-order valence-electron chi connectivity index (χ2n) is 4.99. The van der Waals surface area contributed by atoms with Crippen LogP contribution in [0.15, 0.2) is 18.2 Å². The first-order chi connectivity index (χ1) is 9.20. The standard InChI is InChI=1S/C15H22FNO2/c1-3-7-17-14-6-8-18-10-15(14)19-12-5-4-11(2)13(16)9-12/h4-5,9,14-15,17H,3,6-8,10H2,1-2H3. The Labute approximate surface area is 114 Å². The highest BCUT2D eigenvalue weighted by atomic mass is 19.1. The lowest BCUT2D eigenvalue weighted by atomic mass is 10.1. The van der Waals surface area contributed by atoms with Gasteiger partial charge in [0.1, 0.15) is 17.7 Å². The van der Waals surface area contributed by atoms with Crippen LogP contribution in [0.3, 0.4) is 0 Å². The molecule has 0 aliphatic carbocycles. The number of halogens is 1. The third kappa shape index (κ3) is 3.91. The molecule has 2 atom stereocenters.